The predicted molar refractivity (Wildman–Crippen MR) is 133 cm³/mol. The van der Waals surface area contributed by atoms with Crippen LogP contribution in [0.15, 0.2) is 55.4 Å². The van der Waals surface area contributed by atoms with E-state index in [1.54, 1.807) is 42.4 Å². The van der Waals surface area contributed by atoms with Gasteiger partial charge < -0.3 is 9.64 Å². The van der Waals surface area contributed by atoms with Crippen molar-refractivity contribution >= 4 is 45.8 Å². The van der Waals surface area contributed by atoms with Crippen LogP contribution in [0.5, 0.6) is 5.75 Å². The number of carbonyl (C=O) groups excluding carboxylic acids is 2. The Bertz CT molecular complexity index is 1190. The van der Waals surface area contributed by atoms with Crippen molar-refractivity contribution in [2.45, 2.75) is 16.2 Å². The number of carbonyl (C=O) groups is 2. The fourth-order valence-corrected chi connectivity index (χ4v) is 7.83. The molecule has 0 bridgehead atoms. The largest absolute Gasteiger partial charge is 0.497 e. The fraction of sp³-hybridized carbons (Fsp3) is 0.333. The number of likely N-dealkylation sites (N-methyl/N-ethyl adjacent to an activating group) is 2. The Morgan fingerprint density at radius 2 is 1.97 bits per heavy atom. The second-order valence-electron chi connectivity index (χ2n) is 8.48. The molecular formula is C24H24N4O3S2. The standard InChI is InChI=1S/C24H24N4O3S2/c1-5-12-28-21(30)24(33-22(28)32)18(15-8-10-25-11-9-15)14-26(2)23(24)17-13-16(31-4)6-7-19(17)27(3)20(23)29/h5-11,13,18H,1,12,14H2,2-4H3/t18-,23-,24+/m0/s1. The second-order valence-corrected chi connectivity index (χ2v) is 10.4. The number of ether oxygens (including phenoxy) is 1. The Labute approximate surface area is 202 Å². The number of rotatable bonds is 4. The Balaban J connectivity index is 1.84. The molecule has 170 valence electrons. The van der Waals surface area contributed by atoms with E-state index in [2.05, 4.69) is 11.6 Å². The zero-order valence-electron chi connectivity index (χ0n) is 18.6. The molecule has 0 saturated carbocycles. The molecule has 3 atom stereocenters. The highest BCUT2D eigenvalue weighted by Gasteiger charge is 2.78. The highest BCUT2D eigenvalue weighted by atomic mass is 32.2. The molecule has 7 nitrogen and oxygen atoms in total. The third-order valence-electron chi connectivity index (χ3n) is 7.08. The Morgan fingerprint density at radius 3 is 2.64 bits per heavy atom. The number of hydrogen-bond donors (Lipinski definition) is 0. The molecule has 33 heavy (non-hydrogen) atoms. The van der Waals surface area contributed by atoms with Crippen molar-refractivity contribution in [3.63, 3.8) is 0 Å². The van der Waals surface area contributed by atoms with Crippen molar-refractivity contribution in [2.24, 2.45) is 0 Å². The van der Waals surface area contributed by atoms with Crippen LogP contribution in [0.3, 0.4) is 0 Å². The summed E-state index contributed by atoms with van der Waals surface area (Å²) < 4.78 is 4.79. The van der Waals surface area contributed by atoms with Gasteiger partial charge in [0.15, 0.2) is 5.54 Å². The molecule has 1 aromatic heterocycles. The summed E-state index contributed by atoms with van der Waals surface area (Å²) in [6.45, 7) is 4.60. The number of pyridine rings is 1. The lowest BCUT2D eigenvalue weighted by Crippen LogP contribution is -2.62. The minimum atomic E-state index is -1.25. The predicted octanol–water partition coefficient (Wildman–Crippen LogP) is 2.78. The number of anilines is 1. The van der Waals surface area contributed by atoms with Crippen LogP contribution in [0.4, 0.5) is 5.69 Å². The number of nitrogens with zero attached hydrogens (tertiary/aromatic N) is 4. The van der Waals surface area contributed by atoms with E-state index in [1.165, 1.54) is 11.8 Å². The number of methoxy groups -OCH3 is 1. The Morgan fingerprint density at radius 1 is 1.24 bits per heavy atom. The number of aromatic nitrogens is 1. The Hall–Kier alpha value is -2.75. The van der Waals surface area contributed by atoms with Gasteiger partial charge in [-0.25, -0.2) is 0 Å². The van der Waals surface area contributed by atoms with Crippen molar-refractivity contribution in [1.29, 1.82) is 0 Å². The lowest BCUT2D eigenvalue weighted by Gasteiger charge is -2.42. The number of thioether (sulfide) groups is 1. The van der Waals surface area contributed by atoms with Crippen molar-refractivity contribution < 1.29 is 14.3 Å². The van der Waals surface area contributed by atoms with Gasteiger partial charge in [-0.2, -0.15) is 0 Å². The smallest absolute Gasteiger partial charge is 0.254 e. The summed E-state index contributed by atoms with van der Waals surface area (Å²) in [7, 11) is 5.27. The van der Waals surface area contributed by atoms with E-state index in [-0.39, 0.29) is 17.7 Å². The van der Waals surface area contributed by atoms with Crippen molar-refractivity contribution in [3.8, 4) is 5.75 Å². The van der Waals surface area contributed by atoms with Crippen LogP contribution < -0.4 is 9.64 Å². The summed E-state index contributed by atoms with van der Waals surface area (Å²) in [6, 6.07) is 9.44. The minimum Gasteiger partial charge on any atom is -0.497 e. The second kappa shape index (κ2) is 7.65. The maximum absolute atomic E-state index is 14.4. The van der Waals surface area contributed by atoms with Crippen LogP contribution in [-0.4, -0.2) is 70.0 Å². The number of hydrogen-bond acceptors (Lipinski definition) is 7. The first kappa shape index (κ1) is 22.1. The van der Waals surface area contributed by atoms with E-state index in [4.69, 9.17) is 17.0 Å². The van der Waals surface area contributed by atoms with Gasteiger partial charge in [0, 0.05) is 49.7 Å². The van der Waals surface area contributed by atoms with Gasteiger partial charge in [-0.15, -0.1) is 6.58 Å². The van der Waals surface area contributed by atoms with Crippen molar-refractivity contribution in [1.82, 2.24) is 14.8 Å². The summed E-state index contributed by atoms with van der Waals surface area (Å²) in [5, 5.41) is 0. The topological polar surface area (TPSA) is 66.0 Å². The maximum Gasteiger partial charge on any atom is 0.254 e. The number of likely N-dealkylation sites (tertiary alicyclic amines) is 1. The minimum absolute atomic E-state index is 0.145. The molecule has 0 unspecified atom stereocenters. The zero-order chi connectivity index (χ0) is 23.5. The molecule has 2 aromatic rings. The molecule has 0 aliphatic carbocycles. The van der Waals surface area contributed by atoms with E-state index in [0.29, 0.717) is 23.2 Å². The monoisotopic (exact) mass is 480 g/mol. The summed E-state index contributed by atoms with van der Waals surface area (Å²) in [5.41, 5.74) is 1.23. The lowest BCUT2D eigenvalue weighted by atomic mass is 9.72. The molecule has 0 N–H and O–H groups in total. The molecule has 2 spiro atoms. The highest BCUT2D eigenvalue weighted by Crippen LogP contribution is 2.66. The lowest BCUT2D eigenvalue weighted by molar-refractivity contribution is -0.138. The summed E-state index contributed by atoms with van der Waals surface area (Å²) >= 11 is 7.03. The van der Waals surface area contributed by atoms with Gasteiger partial charge in [0.1, 0.15) is 14.8 Å². The maximum atomic E-state index is 14.4. The third-order valence-corrected chi connectivity index (χ3v) is 9.02. The summed E-state index contributed by atoms with van der Waals surface area (Å²) in [5.74, 6) is 0.0354. The number of thiocarbonyl (C=S) groups is 1. The highest BCUT2D eigenvalue weighted by molar-refractivity contribution is 8.25. The number of benzene rings is 1. The first-order valence-electron chi connectivity index (χ1n) is 10.6. The molecule has 3 aliphatic heterocycles. The van der Waals surface area contributed by atoms with E-state index >= 15 is 0 Å². The van der Waals surface area contributed by atoms with Gasteiger partial charge in [-0.1, -0.05) is 30.1 Å². The van der Waals surface area contributed by atoms with Gasteiger partial charge in [0.2, 0.25) is 5.91 Å². The van der Waals surface area contributed by atoms with Crippen LogP contribution in [-0.2, 0) is 15.1 Å². The number of amides is 2. The van der Waals surface area contributed by atoms with Crippen LogP contribution in [0.2, 0.25) is 0 Å². The zero-order valence-corrected chi connectivity index (χ0v) is 20.3. The molecule has 1 aromatic carbocycles. The van der Waals surface area contributed by atoms with Gasteiger partial charge in [0.05, 0.1) is 7.11 Å². The van der Waals surface area contributed by atoms with Gasteiger partial charge in [-0.05, 0) is 42.9 Å². The van der Waals surface area contributed by atoms with Crippen molar-refractivity contribution in [2.75, 3.05) is 39.2 Å². The summed E-state index contributed by atoms with van der Waals surface area (Å²) in [6.07, 6.45) is 5.10. The number of fused-ring (bicyclic) bond motifs is 3. The molecule has 3 aliphatic rings. The van der Waals surface area contributed by atoms with Crippen molar-refractivity contribution in [3.05, 3.63) is 66.5 Å². The summed E-state index contributed by atoms with van der Waals surface area (Å²) in [4.78, 5) is 38.0. The molecule has 2 saturated heterocycles. The van der Waals surface area contributed by atoms with Crippen LogP contribution in [0, 0.1) is 0 Å². The van der Waals surface area contributed by atoms with Gasteiger partial charge >= 0.3 is 0 Å². The third kappa shape index (κ3) is 2.61. The first-order chi connectivity index (χ1) is 15.8. The molecular weight excluding hydrogens is 456 g/mol. The SMILES string of the molecule is C=CCN1C(=O)[C@]2(SC1=S)[C@H](c1ccncc1)CN(C)[C@@]21C(=O)N(C)c2ccc(OC)cc21. The van der Waals surface area contributed by atoms with E-state index < -0.39 is 10.3 Å². The molecule has 5 rings (SSSR count). The first-order valence-corrected chi connectivity index (χ1v) is 11.8. The quantitative estimate of drug-likeness (QED) is 0.493. The van der Waals surface area contributed by atoms with Crippen LogP contribution >= 0.6 is 24.0 Å². The van der Waals surface area contributed by atoms with E-state index in [1.807, 2.05) is 42.3 Å². The Kier molecular flexibility index (Phi) is 5.11. The molecule has 4 heterocycles. The molecule has 9 heteroatoms. The molecule has 2 amide bonds. The fourth-order valence-electron chi connectivity index (χ4n) is 5.69. The normalized spacial score (nSPS) is 28.9. The average Bonchev–Trinajstić information content (AvgIpc) is 3.33. The molecule has 0 radical (unpaired) electrons. The average molecular weight is 481 g/mol. The van der Waals surface area contributed by atoms with Crippen LogP contribution in [0.25, 0.3) is 0 Å². The van der Waals surface area contributed by atoms with E-state index in [9.17, 15) is 9.59 Å². The van der Waals surface area contributed by atoms with Gasteiger partial charge in [0.25, 0.3) is 5.91 Å². The van der Waals surface area contributed by atoms with Crippen LogP contribution in [0.1, 0.15) is 17.0 Å². The molecule has 2 fully saturated rings. The van der Waals surface area contributed by atoms with Gasteiger partial charge in [-0.3, -0.25) is 24.4 Å². The van der Waals surface area contributed by atoms with E-state index in [0.717, 1.165) is 16.8 Å².